The molecular weight excluding hydrogens is 542 g/mol. The number of amidine groups is 1. The summed E-state index contributed by atoms with van der Waals surface area (Å²) in [5, 5.41) is 11.9. The van der Waals surface area contributed by atoms with Gasteiger partial charge in [0, 0.05) is 17.1 Å². The van der Waals surface area contributed by atoms with E-state index in [1.165, 1.54) is 29.2 Å². The number of halogens is 1. The van der Waals surface area contributed by atoms with Crippen LogP contribution >= 0.6 is 23.4 Å². The molecule has 1 aliphatic heterocycles. The van der Waals surface area contributed by atoms with E-state index in [-0.39, 0.29) is 31.0 Å². The quantitative estimate of drug-likeness (QED) is 0.351. The molecule has 0 spiro atoms. The van der Waals surface area contributed by atoms with Gasteiger partial charge in [-0.1, -0.05) is 35.5 Å². The number of carboxylic acids is 1. The molecule has 1 heterocycles. The van der Waals surface area contributed by atoms with E-state index in [2.05, 4.69) is 10.3 Å². The Labute approximate surface area is 233 Å². The Morgan fingerprint density at radius 1 is 1.03 bits per heavy atom. The van der Waals surface area contributed by atoms with Gasteiger partial charge in [0.05, 0.1) is 30.0 Å². The molecule has 0 radical (unpaired) electrons. The van der Waals surface area contributed by atoms with Crippen molar-refractivity contribution in [1.29, 1.82) is 0 Å². The van der Waals surface area contributed by atoms with Gasteiger partial charge < -0.3 is 15.2 Å². The third kappa shape index (κ3) is 7.24. The van der Waals surface area contributed by atoms with Crippen LogP contribution in [0.25, 0.3) is 0 Å². The van der Waals surface area contributed by atoms with Gasteiger partial charge in [0.15, 0.2) is 5.17 Å². The van der Waals surface area contributed by atoms with Crippen LogP contribution in [0.3, 0.4) is 0 Å². The molecule has 1 saturated heterocycles. The molecule has 2 N–H and O–H groups in total. The lowest BCUT2D eigenvalue weighted by atomic mass is 10.2. The predicted octanol–water partition coefficient (Wildman–Crippen LogP) is 5.38. The molecule has 0 aliphatic carbocycles. The molecule has 1 atom stereocenters. The van der Waals surface area contributed by atoms with E-state index in [1.54, 1.807) is 43.3 Å². The van der Waals surface area contributed by atoms with Crippen molar-refractivity contribution >= 4 is 63.7 Å². The van der Waals surface area contributed by atoms with Crippen molar-refractivity contribution in [2.45, 2.75) is 25.1 Å². The summed E-state index contributed by atoms with van der Waals surface area (Å²) in [6, 6.07) is 19.3. The summed E-state index contributed by atoms with van der Waals surface area (Å²) in [7, 11) is 0. The minimum Gasteiger partial charge on any atom is -0.478 e. The fourth-order valence-corrected chi connectivity index (χ4v) is 4.91. The van der Waals surface area contributed by atoms with Crippen LogP contribution in [0.15, 0.2) is 77.8 Å². The number of thioether (sulfide) groups is 1. The maximum atomic E-state index is 13.3. The van der Waals surface area contributed by atoms with Crippen LogP contribution in [0.2, 0.25) is 5.02 Å². The number of nitrogens with zero attached hydrogens (tertiary/aromatic N) is 2. The lowest BCUT2D eigenvalue weighted by Crippen LogP contribution is -2.44. The molecule has 3 aromatic rings. The number of carbonyl (C=O) groups excluding carboxylic acids is 3. The van der Waals surface area contributed by atoms with E-state index in [9.17, 15) is 19.2 Å². The van der Waals surface area contributed by atoms with E-state index in [0.29, 0.717) is 27.1 Å². The van der Waals surface area contributed by atoms with Crippen LogP contribution in [0.4, 0.5) is 11.4 Å². The number of nitrogens with one attached hydrogen (secondary N) is 1. The van der Waals surface area contributed by atoms with Crippen LogP contribution < -0.4 is 5.32 Å². The molecule has 11 heteroatoms. The van der Waals surface area contributed by atoms with Gasteiger partial charge in [-0.15, -0.1) is 0 Å². The zero-order valence-corrected chi connectivity index (χ0v) is 22.4. The number of carbonyl (C=O) groups is 4. The highest BCUT2D eigenvalue weighted by molar-refractivity contribution is 8.15. The molecule has 1 aliphatic rings. The molecule has 9 nitrogen and oxygen atoms in total. The van der Waals surface area contributed by atoms with Crippen molar-refractivity contribution in [1.82, 2.24) is 4.90 Å². The number of hydrogen-bond donors (Lipinski definition) is 2. The summed E-state index contributed by atoms with van der Waals surface area (Å²) in [5.74, 6) is -2.21. The number of benzene rings is 3. The lowest BCUT2D eigenvalue weighted by Gasteiger charge is -2.32. The topological polar surface area (TPSA) is 125 Å². The highest BCUT2D eigenvalue weighted by Crippen LogP contribution is 2.31. The normalized spacial score (nSPS) is 16.2. The molecule has 3 aromatic carbocycles. The zero-order chi connectivity index (χ0) is 27.9. The fraction of sp³-hybridized carbons (Fsp3) is 0.179. The van der Waals surface area contributed by atoms with Gasteiger partial charge >= 0.3 is 11.9 Å². The summed E-state index contributed by atoms with van der Waals surface area (Å²) in [6.07, 6.45) is -0.0574. The van der Waals surface area contributed by atoms with Gasteiger partial charge in [0.2, 0.25) is 11.8 Å². The van der Waals surface area contributed by atoms with Gasteiger partial charge in [-0.2, -0.15) is 0 Å². The number of aliphatic imine (C=N–C) groups is 1. The molecule has 2 amide bonds. The van der Waals surface area contributed by atoms with Crippen LogP contribution in [0, 0.1) is 0 Å². The van der Waals surface area contributed by atoms with E-state index < -0.39 is 23.1 Å². The molecule has 0 bridgehead atoms. The van der Waals surface area contributed by atoms with E-state index in [4.69, 9.17) is 21.4 Å². The maximum Gasteiger partial charge on any atom is 0.338 e. The Hall–Kier alpha value is -4.15. The Morgan fingerprint density at radius 3 is 2.28 bits per heavy atom. The van der Waals surface area contributed by atoms with Crippen LogP contribution in [-0.4, -0.2) is 50.8 Å². The Morgan fingerprint density at radius 2 is 1.67 bits per heavy atom. The summed E-state index contributed by atoms with van der Waals surface area (Å²) in [6.45, 7) is 2.21. The summed E-state index contributed by atoms with van der Waals surface area (Å²) in [5.41, 5.74) is 2.20. The van der Waals surface area contributed by atoms with Crippen molar-refractivity contribution < 1.29 is 29.0 Å². The van der Waals surface area contributed by atoms with Gasteiger partial charge in [0.25, 0.3) is 0 Å². The first-order chi connectivity index (χ1) is 18.7. The molecule has 0 aromatic heterocycles. The first-order valence-corrected chi connectivity index (χ1v) is 13.2. The monoisotopic (exact) mass is 565 g/mol. The lowest BCUT2D eigenvalue weighted by molar-refractivity contribution is -0.129. The van der Waals surface area contributed by atoms with Crippen molar-refractivity contribution in [2.75, 3.05) is 11.9 Å². The van der Waals surface area contributed by atoms with Crippen LogP contribution in [0.5, 0.6) is 0 Å². The van der Waals surface area contributed by atoms with Crippen molar-refractivity contribution in [3.8, 4) is 0 Å². The van der Waals surface area contributed by atoms with E-state index >= 15 is 0 Å². The average Bonchev–Trinajstić information content (AvgIpc) is 2.92. The largest absolute Gasteiger partial charge is 0.478 e. The summed E-state index contributed by atoms with van der Waals surface area (Å²) in [4.78, 5) is 55.6. The Kier molecular flexibility index (Phi) is 9.00. The molecular formula is C28H24ClN3O6S. The first-order valence-electron chi connectivity index (χ1n) is 11.9. The molecule has 4 rings (SSSR count). The SMILES string of the molecule is CCOC(=O)c1ccc(N=C2S[C@H](C(=O)Nc3ccc(C(=O)O)cc3)CC(=O)N2Cc2ccc(Cl)cc2)cc1. The standard InChI is InChI=1S/C28H24ClN3O6S/c1-2-38-27(37)19-7-13-22(14-8-19)31-28-32(16-17-3-9-20(29)10-4-17)24(33)15-23(39-28)25(34)30-21-11-5-18(6-12-21)26(35)36/h3-14,23H,2,15-16H2,1H3,(H,30,34)(H,35,36)/t23-/m0/s1. The average molecular weight is 566 g/mol. The van der Waals surface area contributed by atoms with Crippen LogP contribution in [0.1, 0.15) is 39.6 Å². The second kappa shape index (κ2) is 12.6. The van der Waals surface area contributed by atoms with Crippen molar-refractivity contribution in [2.24, 2.45) is 4.99 Å². The zero-order valence-electron chi connectivity index (χ0n) is 20.8. The first kappa shape index (κ1) is 27.9. The Balaban J connectivity index is 1.58. The number of esters is 1. The van der Waals surface area contributed by atoms with Crippen LogP contribution in [-0.2, 0) is 20.9 Å². The second-order valence-corrected chi connectivity index (χ2v) is 10.1. The maximum absolute atomic E-state index is 13.3. The Bertz CT molecular complexity index is 1410. The number of rotatable bonds is 8. The van der Waals surface area contributed by atoms with Gasteiger partial charge in [-0.3, -0.25) is 14.5 Å². The number of amides is 2. The van der Waals surface area contributed by atoms with Crippen molar-refractivity contribution in [3.05, 3.63) is 94.5 Å². The number of hydrogen-bond acceptors (Lipinski definition) is 7. The van der Waals surface area contributed by atoms with Crippen molar-refractivity contribution in [3.63, 3.8) is 0 Å². The van der Waals surface area contributed by atoms with E-state index in [1.807, 2.05) is 12.1 Å². The minimum absolute atomic E-state index is 0.0574. The van der Waals surface area contributed by atoms with E-state index in [0.717, 1.165) is 17.3 Å². The molecule has 200 valence electrons. The van der Waals surface area contributed by atoms with Gasteiger partial charge in [-0.05, 0) is 73.2 Å². The number of anilines is 1. The predicted molar refractivity (Wildman–Crippen MR) is 150 cm³/mol. The molecule has 39 heavy (non-hydrogen) atoms. The summed E-state index contributed by atoms with van der Waals surface area (Å²) >= 11 is 7.15. The number of carboxylic acid groups (broad SMARTS) is 1. The van der Waals surface area contributed by atoms with Gasteiger partial charge in [0.1, 0.15) is 5.25 Å². The van der Waals surface area contributed by atoms with Gasteiger partial charge in [-0.25, -0.2) is 14.6 Å². The molecule has 0 unspecified atom stereocenters. The highest BCUT2D eigenvalue weighted by atomic mass is 35.5. The third-order valence-electron chi connectivity index (χ3n) is 5.69. The molecule has 1 fully saturated rings. The fourth-order valence-electron chi connectivity index (χ4n) is 3.68. The summed E-state index contributed by atoms with van der Waals surface area (Å²) < 4.78 is 5.02. The molecule has 0 saturated carbocycles. The number of aromatic carboxylic acids is 1. The highest BCUT2D eigenvalue weighted by Gasteiger charge is 2.36. The minimum atomic E-state index is -1.07. The third-order valence-corrected chi connectivity index (χ3v) is 7.13. The number of ether oxygens (including phenoxy) is 1. The smallest absolute Gasteiger partial charge is 0.338 e. The second-order valence-electron chi connectivity index (χ2n) is 8.45.